The summed E-state index contributed by atoms with van der Waals surface area (Å²) in [6, 6.07) is 11.8. The van der Waals surface area contributed by atoms with E-state index in [4.69, 9.17) is 9.47 Å². The topological polar surface area (TPSA) is 52.0 Å². The van der Waals surface area contributed by atoms with Gasteiger partial charge in [0, 0.05) is 5.56 Å². The predicted octanol–water partition coefficient (Wildman–Crippen LogP) is 1.88. The molecule has 134 valence electrons. The number of nitrogens with one attached hydrogen (secondary N) is 2. The number of hydrogen-bond acceptors (Lipinski definition) is 3. The molecule has 2 N–H and O–H groups in total. The first-order valence-electron chi connectivity index (χ1n) is 8.05. The maximum atomic E-state index is 13.8. The highest BCUT2D eigenvalue weighted by molar-refractivity contribution is 5.94. The van der Waals surface area contributed by atoms with Crippen molar-refractivity contribution in [3.05, 3.63) is 53.8 Å². The molecular formula is C19H24FN2O3+. The average Bonchev–Trinajstić information content (AvgIpc) is 2.61. The molecular weight excluding hydrogens is 323 g/mol. The van der Waals surface area contributed by atoms with Crippen LogP contribution in [0.5, 0.6) is 11.5 Å². The molecule has 0 radical (unpaired) electrons. The number of halogens is 1. The SMILES string of the molecule is COc1ccc(C[NH+](C)[C@H](C)C(=O)Nc2ccccc2OC)cc1F. The van der Waals surface area contributed by atoms with Crippen LogP contribution in [0, 0.1) is 5.82 Å². The Morgan fingerprint density at radius 3 is 2.48 bits per heavy atom. The molecule has 0 aromatic heterocycles. The second kappa shape index (κ2) is 8.48. The Morgan fingerprint density at radius 1 is 1.16 bits per heavy atom. The molecule has 2 aromatic carbocycles. The number of para-hydroxylation sites is 2. The van der Waals surface area contributed by atoms with Gasteiger partial charge >= 0.3 is 0 Å². The Morgan fingerprint density at radius 2 is 1.84 bits per heavy atom. The zero-order valence-electron chi connectivity index (χ0n) is 14.9. The van der Waals surface area contributed by atoms with Gasteiger partial charge in [-0.1, -0.05) is 12.1 Å². The minimum Gasteiger partial charge on any atom is -0.495 e. The van der Waals surface area contributed by atoms with E-state index < -0.39 is 5.82 Å². The van der Waals surface area contributed by atoms with E-state index >= 15 is 0 Å². The van der Waals surface area contributed by atoms with Crippen molar-refractivity contribution in [3.8, 4) is 11.5 Å². The van der Waals surface area contributed by atoms with E-state index in [-0.39, 0.29) is 17.7 Å². The Kier molecular flexibility index (Phi) is 6.36. The van der Waals surface area contributed by atoms with Crippen molar-refractivity contribution in [2.75, 3.05) is 26.6 Å². The van der Waals surface area contributed by atoms with Crippen LogP contribution < -0.4 is 19.7 Å². The van der Waals surface area contributed by atoms with Crippen molar-refractivity contribution < 1.29 is 23.6 Å². The summed E-state index contributed by atoms with van der Waals surface area (Å²) < 4.78 is 24.0. The molecule has 2 rings (SSSR count). The first-order chi connectivity index (χ1) is 12.0. The van der Waals surface area contributed by atoms with E-state index in [1.807, 2.05) is 26.1 Å². The van der Waals surface area contributed by atoms with Crippen molar-refractivity contribution in [2.45, 2.75) is 19.5 Å². The molecule has 6 heteroatoms. The smallest absolute Gasteiger partial charge is 0.282 e. The summed E-state index contributed by atoms with van der Waals surface area (Å²) in [5.41, 5.74) is 1.43. The maximum absolute atomic E-state index is 13.8. The zero-order valence-corrected chi connectivity index (χ0v) is 14.9. The van der Waals surface area contributed by atoms with Gasteiger partial charge < -0.3 is 19.7 Å². The van der Waals surface area contributed by atoms with Gasteiger partial charge in [-0.25, -0.2) is 4.39 Å². The van der Waals surface area contributed by atoms with Gasteiger partial charge in [-0.05, 0) is 37.3 Å². The summed E-state index contributed by atoms with van der Waals surface area (Å²) in [5.74, 6) is 0.288. The summed E-state index contributed by atoms with van der Waals surface area (Å²) >= 11 is 0. The van der Waals surface area contributed by atoms with Crippen LogP contribution in [0.15, 0.2) is 42.5 Å². The Labute approximate surface area is 147 Å². The minimum absolute atomic E-state index is 0.129. The number of methoxy groups -OCH3 is 2. The van der Waals surface area contributed by atoms with Crippen LogP contribution in [0.1, 0.15) is 12.5 Å². The average molecular weight is 347 g/mol. The number of amides is 1. The second-order valence-electron chi connectivity index (χ2n) is 5.90. The molecule has 0 spiro atoms. The van der Waals surface area contributed by atoms with Gasteiger partial charge in [0.1, 0.15) is 12.3 Å². The fourth-order valence-corrected chi connectivity index (χ4v) is 2.51. The van der Waals surface area contributed by atoms with Crippen molar-refractivity contribution >= 4 is 11.6 Å². The molecule has 0 aliphatic heterocycles. The van der Waals surface area contributed by atoms with Gasteiger partial charge in [0.2, 0.25) is 0 Å². The van der Waals surface area contributed by atoms with Gasteiger partial charge in [-0.15, -0.1) is 0 Å². The number of anilines is 1. The highest BCUT2D eigenvalue weighted by Crippen LogP contribution is 2.23. The van der Waals surface area contributed by atoms with Crippen LogP contribution in [0.2, 0.25) is 0 Å². The number of quaternary nitrogens is 1. The number of ether oxygens (including phenoxy) is 2. The molecule has 2 atom stereocenters. The molecule has 0 bridgehead atoms. The zero-order chi connectivity index (χ0) is 18.4. The van der Waals surface area contributed by atoms with Gasteiger partial charge in [-0.2, -0.15) is 0 Å². The molecule has 25 heavy (non-hydrogen) atoms. The van der Waals surface area contributed by atoms with Crippen molar-refractivity contribution in [1.82, 2.24) is 0 Å². The fraction of sp³-hybridized carbons (Fsp3) is 0.316. The lowest BCUT2D eigenvalue weighted by molar-refractivity contribution is -0.907. The predicted molar refractivity (Wildman–Crippen MR) is 94.6 cm³/mol. The van der Waals surface area contributed by atoms with Gasteiger partial charge in [-0.3, -0.25) is 4.79 Å². The molecule has 2 aromatic rings. The second-order valence-corrected chi connectivity index (χ2v) is 5.90. The van der Waals surface area contributed by atoms with Gasteiger partial charge in [0.05, 0.1) is 27.0 Å². The normalized spacial score (nSPS) is 13.0. The van der Waals surface area contributed by atoms with Crippen molar-refractivity contribution in [3.63, 3.8) is 0 Å². The number of benzene rings is 2. The van der Waals surface area contributed by atoms with E-state index in [1.54, 1.807) is 31.4 Å². The number of carbonyl (C=O) groups excluding carboxylic acids is 1. The van der Waals surface area contributed by atoms with E-state index in [2.05, 4.69) is 5.32 Å². The molecule has 5 nitrogen and oxygen atoms in total. The minimum atomic E-state index is -0.404. The van der Waals surface area contributed by atoms with E-state index in [0.717, 1.165) is 10.5 Å². The van der Waals surface area contributed by atoms with Gasteiger partial charge in [0.15, 0.2) is 17.6 Å². The summed E-state index contributed by atoms with van der Waals surface area (Å²) in [6.45, 7) is 2.35. The third-order valence-electron chi connectivity index (χ3n) is 4.20. The summed E-state index contributed by atoms with van der Waals surface area (Å²) in [4.78, 5) is 13.4. The summed E-state index contributed by atoms with van der Waals surface area (Å²) in [6.07, 6.45) is 0. The van der Waals surface area contributed by atoms with E-state index in [9.17, 15) is 9.18 Å². The van der Waals surface area contributed by atoms with Crippen molar-refractivity contribution in [1.29, 1.82) is 0 Å². The lowest BCUT2D eigenvalue weighted by atomic mass is 10.1. The maximum Gasteiger partial charge on any atom is 0.282 e. The lowest BCUT2D eigenvalue weighted by Crippen LogP contribution is -3.12. The number of carbonyl (C=O) groups is 1. The van der Waals surface area contributed by atoms with Crippen LogP contribution in [0.4, 0.5) is 10.1 Å². The van der Waals surface area contributed by atoms with E-state index in [0.29, 0.717) is 18.0 Å². The molecule has 0 aliphatic rings. The van der Waals surface area contributed by atoms with Gasteiger partial charge in [0.25, 0.3) is 5.91 Å². The summed E-state index contributed by atoms with van der Waals surface area (Å²) in [5, 5.41) is 2.88. The van der Waals surface area contributed by atoms with Crippen LogP contribution in [0.3, 0.4) is 0 Å². The largest absolute Gasteiger partial charge is 0.495 e. The molecule has 0 fully saturated rings. The molecule has 0 heterocycles. The molecule has 0 aliphatic carbocycles. The third-order valence-corrected chi connectivity index (χ3v) is 4.20. The Balaban J connectivity index is 2.02. The monoisotopic (exact) mass is 347 g/mol. The lowest BCUT2D eigenvalue weighted by Gasteiger charge is -2.21. The standard InChI is InChI=1S/C19H23FN2O3/c1-13(19(23)21-16-7-5-6-8-18(16)25-4)22(2)12-14-9-10-17(24-3)15(20)11-14/h5-11,13H,12H2,1-4H3,(H,21,23)/p+1/t13-/m1/s1. The Hall–Kier alpha value is -2.60. The van der Waals surface area contributed by atoms with E-state index in [1.165, 1.54) is 13.2 Å². The molecule has 1 unspecified atom stereocenters. The molecule has 0 saturated heterocycles. The number of rotatable bonds is 7. The van der Waals surface area contributed by atoms with Crippen molar-refractivity contribution in [2.24, 2.45) is 0 Å². The molecule has 0 saturated carbocycles. The molecule has 1 amide bonds. The number of likely N-dealkylation sites (N-methyl/N-ethyl adjacent to an activating group) is 1. The first kappa shape index (κ1) is 18.7. The fourth-order valence-electron chi connectivity index (χ4n) is 2.51. The van der Waals surface area contributed by atoms with Crippen LogP contribution in [-0.2, 0) is 11.3 Å². The highest BCUT2D eigenvalue weighted by atomic mass is 19.1. The quantitative estimate of drug-likeness (QED) is 0.804. The van der Waals surface area contributed by atoms with Crippen LogP contribution in [0.25, 0.3) is 0 Å². The van der Waals surface area contributed by atoms with Crippen LogP contribution >= 0.6 is 0 Å². The third kappa shape index (κ3) is 4.70. The first-order valence-corrected chi connectivity index (χ1v) is 8.05. The summed E-state index contributed by atoms with van der Waals surface area (Å²) in [7, 11) is 4.89. The highest BCUT2D eigenvalue weighted by Gasteiger charge is 2.23. The number of hydrogen-bond donors (Lipinski definition) is 2. The Bertz CT molecular complexity index is 736. The van der Waals surface area contributed by atoms with Crippen LogP contribution in [-0.4, -0.2) is 33.2 Å².